The van der Waals surface area contributed by atoms with E-state index >= 15 is 0 Å². The van der Waals surface area contributed by atoms with Crippen LogP contribution in [-0.4, -0.2) is 37.0 Å². The zero-order valence-corrected chi connectivity index (χ0v) is 11.1. The maximum Gasteiger partial charge on any atom is 0.139 e. The van der Waals surface area contributed by atoms with Crippen LogP contribution in [0.2, 0.25) is 0 Å². The summed E-state index contributed by atoms with van der Waals surface area (Å²) in [5.74, 6) is 0.314. The molecule has 0 spiro atoms. The molecule has 2 aliphatic carbocycles. The molecular formula is C13H24N2O3. The minimum atomic E-state index is 0.135. The van der Waals surface area contributed by atoms with Crippen LogP contribution in [0.15, 0.2) is 5.16 Å². The van der Waals surface area contributed by atoms with Crippen molar-refractivity contribution in [3.63, 3.8) is 0 Å². The molecule has 0 heterocycles. The second-order valence-electron chi connectivity index (χ2n) is 5.73. The minimum absolute atomic E-state index is 0.135. The quantitative estimate of drug-likeness (QED) is 0.329. The second kappa shape index (κ2) is 5.89. The Bertz CT molecular complexity index is 303. The number of rotatable bonds is 6. The number of methoxy groups -OCH3 is 1. The molecule has 3 N–H and O–H groups in total. The molecule has 0 saturated heterocycles. The molecule has 0 bridgehead atoms. The molecule has 2 atom stereocenters. The van der Waals surface area contributed by atoms with E-state index in [0.717, 1.165) is 38.7 Å². The fourth-order valence-electron chi connectivity index (χ4n) is 2.73. The number of amidine groups is 1. The van der Waals surface area contributed by atoms with E-state index in [-0.39, 0.29) is 5.41 Å². The normalized spacial score (nSPS) is 31.3. The maximum atomic E-state index is 8.62. The van der Waals surface area contributed by atoms with E-state index in [1.165, 1.54) is 6.42 Å². The standard InChI is InChI=1S/C13H24N2O3/c1-17-10-3-2-4-11(7-10)18-9-13(5-6-13)8-12(14)15-16/h10-11,16H,2-9H2,1H3,(H2,14,15). The van der Waals surface area contributed by atoms with Gasteiger partial charge in [-0.3, -0.25) is 0 Å². The first-order valence-electron chi connectivity index (χ1n) is 6.78. The van der Waals surface area contributed by atoms with Crippen LogP contribution in [-0.2, 0) is 9.47 Å². The smallest absolute Gasteiger partial charge is 0.139 e. The fraction of sp³-hybridized carbons (Fsp3) is 0.923. The Morgan fingerprint density at radius 3 is 2.72 bits per heavy atom. The van der Waals surface area contributed by atoms with E-state index < -0.39 is 0 Å². The van der Waals surface area contributed by atoms with Crippen molar-refractivity contribution in [1.29, 1.82) is 0 Å². The maximum absolute atomic E-state index is 8.62. The predicted octanol–water partition coefficient (Wildman–Crippen LogP) is 1.88. The van der Waals surface area contributed by atoms with Gasteiger partial charge < -0.3 is 20.4 Å². The van der Waals surface area contributed by atoms with Gasteiger partial charge in [0.25, 0.3) is 0 Å². The summed E-state index contributed by atoms with van der Waals surface area (Å²) in [5, 5.41) is 11.7. The number of hydrogen-bond acceptors (Lipinski definition) is 4. The first-order valence-corrected chi connectivity index (χ1v) is 6.78. The number of oxime groups is 1. The second-order valence-corrected chi connectivity index (χ2v) is 5.73. The van der Waals surface area contributed by atoms with Crippen LogP contribution in [0.25, 0.3) is 0 Å². The van der Waals surface area contributed by atoms with Crippen molar-refractivity contribution in [3.05, 3.63) is 0 Å². The highest BCUT2D eigenvalue weighted by Gasteiger charge is 2.44. The van der Waals surface area contributed by atoms with Crippen LogP contribution in [0.5, 0.6) is 0 Å². The van der Waals surface area contributed by atoms with E-state index in [2.05, 4.69) is 5.16 Å². The Labute approximate surface area is 108 Å². The molecule has 0 amide bonds. The van der Waals surface area contributed by atoms with Crippen molar-refractivity contribution in [2.45, 2.75) is 57.2 Å². The molecule has 2 unspecified atom stereocenters. The first kappa shape index (κ1) is 13.6. The van der Waals surface area contributed by atoms with Gasteiger partial charge in [0, 0.05) is 18.9 Å². The van der Waals surface area contributed by atoms with E-state index in [1.54, 1.807) is 7.11 Å². The molecule has 2 aliphatic rings. The molecule has 0 aromatic rings. The highest BCUT2D eigenvalue weighted by Crippen LogP contribution is 2.49. The molecule has 5 nitrogen and oxygen atoms in total. The van der Waals surface area contributed by atoms with E-state index in [4.69, 9.17) is 20.4 Å². The third kappa shape index (κ3) is 3.59. The lowest BCUT2D eigenvalue weighted by Crippen LogP contribution is -2.30. The van der Waals surface area contributed by atoms with Crippen molar-refractivity contribution in [2.75, 3.05) is 13.7 Å². The van der Waals surface area contributed by atoms with E-state index in [9.17, 15) is 0 Å². The molecule has 18 heavy (non-hydrogen) atoms. The molecule has 2 saturated carbocycles. The molecule has 2 rings (SSSR count). The van der Waals surface area contributed by atoms with Gasteiger partial charge in [0.1, 0.15) is 5.84 Å². The monoisotopic (exact) mass is 256 g/mol. The van der Waals surface area contributed by atoms with Crippen molar-refractivity contribution >= 4 is 5.84 Å². The van der Waals surface area contributed by atoms with Crippen molar-refractivity contribution in [1.82, 2.24) is 0 Å². The molecule has 0 radical (unpaired) electrons. The topological polar surface area (TPSA) is 77.1 Å². The summed E-state index contributed by atoms with van der Waals surface area (Å²) in [6.45, 7) is 0.727. The Morgan fingerprint density at radius 2 is 2.11 bits per heavy atom. The van der Waals surface area contributed by atoms with Gasteiger partial charge in [-0.05, 0) is 38.5 Å². The highest BCUT2D eigenvalue weighted by molar-refractivity contribution is 5.80. The Kier molecular flexibility index (Phi) is 4.45. The van der Waals surface area contributed by atoms with Gasteiger partial charge in [0.2, 0.25) is 0 Å². The van der Waals surface area contributed by atoms with Crippen LogP contribution in [0, 0.1) is 5.41 Å². The highest BCUT2D eigenvalue weighted by atomic mass is 16.5. The average molecular weight is 256 g/mol. The summed E-state index contributed by atoms with van der Waals surface area (Å²) in [4.78, 5) is 0. The van der Waals surface area contributed by atoms with E-state index in [0.29, 0.717) is 24.5 Å². The van der Waals surface area contributed by atoms with Crippen molar-refractivity contribution in [3.8, 4) is 0 Å². The Hall–Kier alpha value is -0.810. The number of ether oxygens (including phenoxy) is 2. The molecule has 0 aromatic heterocycles. The molecule has 0 aliphatic heterocycles. The zero-order valence-electron chi connectivity index (χ0n) is 11.1. The summed E-state index contributed by atoms with van der Waals surface area (Å²) in [5.41, 5.74) is 5.71. The van der Waals surface area contributed by atoms with Crippen molar-refractivity contribution in [2.24, 2.45) is 16.3 Å². The SMILES string of the molecule is COC1CCCC(OCC2(CC(N)=NO)CC2)C1. The van der Waals surface area contributed by atoms with Gasteiger partial charge in [0.15, 0.2) is 0 Å². The predicted molar refractivity (Wildman–Crippen MR) is 68.7 cm³/mol. The Morgan fingerprint density at radius 1 is 1.39 bits per heavy atom. The summed E-state index contributed by atoms with van der Waals surface area (Å²) < 4.78 is 11.4. The molecular weight excluding hydrogens is 232 g/mol. The largest absolute Gasteiger partial charge is 0.409 e. The summed E-state index contributed by atoms with van der Waals surface area (Å²) in [7, 11) is 1.77. The van der Waals surface area contributed by atoms with Crippen LogP contribution < -0.4 is 5.73 Å². The Balaban J connectivity index is 1.74. The minimum Gasteiger partial charge on any atom is -0.409 e. The van der Waals surface area contributed by atoms with Gasteiger partial charge in [-0.1, -0.05) is 5.16 Å². The van der Waals surface area contributed by atoms with Crippen LogP contribution in [0.1, 0.15) is 44.9 Å². The van der Waals surface area contributed by atoms with Gasteiger partial charge in [-0.25, -0.2) is 0 Å². The lowest BCUT2D eigenvalue weighted by atomic mass is 9.94. The third-order valence-electron chi connectivity index (χ3n) is 4.18. The van der Waals surface area contributed by atoms with Gasteiger partial charge in [-0.15, -0.1) is 0 Å². The molecule has 0 aromatic carbocycles. The fourth-order valence-corrected chi connectivity index (χ4v) is 2.73. The van der Waals surface area contributed by atoms with Gasteiger partial charge in [0.05, 0.1) is 18.8 Å². The lowest BCUT2D eigenvalue weighted by molar-refractivity contribution is -0.0427. The van der Waals surface area contributed by atoms with Crippen molar-refractivity contribution < 1.29 is 14.7 Å². The van der Waals surface area contributed by atoms with E-state index in [1.807, 2.05) is 0 Å². The number of hydrogen-bond donors (Lipinski definition) is 2. The molecule has 2 fully saturated rings. The van der Waals surface area contributed by atoms with Crippen LogP contribution in [0.3, 0.4) is 0 Å². The first-order chi connectivity index (χ1) is 8.67. The molecule has 104 valence electrons. The third-order valence-corrected chi connectivity index (χ3v) is 4.18. The van der Waals surface area contributed by atoms with Crippen LogP contribution >= 0.6 is 0 Å². The lowest BCUT2D eigenvalue weighted by Gasteiger charge is -2.29. The number of nitrogens with zero attached hydrogens (tertiary/aromatic N) is 1. The average Bonchev–Trinajstić information content (AvgIpc) is 3.17. The summed E-state index contributed by atoms with van der Waals surface area (Å²) in [6.07, 6.45) is 7.98. The van der Waals surface area contributed by atoms with Crippen LogP contribution in [0.4, 0.5) is 0 Å². The summed E-state index contributed by atoms with van der Waals surface area (Å²) >= 11 is 0. The molecule has 5 heteroatoms. The number of nitrogens with two attached hydrogens (primary N) is 1. The van der Waals surface area contributed by atoms with Gasteiger partial charge in [-0.2, -0.15) is 0 Å². The zero-order chi connectivity index (χ0) is 13.0. The van der Waals surface area contributed by atoms with Gasteiger partial charge >= 0.3 is 0 Å². The summed E-state index contributed by atoms with van der Waals surface area (Å²) in [6, 6.07) is 0.